The Morgan fingerprint density at radius 2 is 2.18 bits per heavy atom. The van der Waals surface area contributed by atoms with Gasteiger partial charge >= 0.3 is 0 Å². The van der Waals surface area contributed by atoms with Gasteiger partial charge in [-0.2, -0.15) is 0 Å². The lowest BCUT2D eigenvalue weighted by Gasteiger charge is -2.09. The van der Waals surface area contributed by atoms with E-state index in [1.165, 1.54) is 0 Å². The molecule has 88 valence electrons. The van der Waals surface area contributed by atoms with Crippen molar-refractivity contribution in [2.75, 3.05) is 0 Å². The third-order valence-electron chi connectivity index (χ3n) is 2.22. The van der Waals surface area contributed by atoms with Crippen molar-refractivity contribution in [1.82, 2.24) is 9.97 Å². The van der Waals surface area contributed by atoms with Crippen LogP contribution < -0.4 is 5.73 Å². The summed E-state index contributed by atoms with van der Waals surface area (Å²) in [5.74, 6) is 0. The van der Waals surface area contributed by atoms with Crippen LogP contribution in [0.15, 0.2) is 51.2 Å². The van der Waals surface area contributed by atoms with Gasteiger partial charge in [-0.25, -0.2) is 4.98 Å². The zero-order chi connectivity index (χ0) is 12.3. The summed E-state index contributed by atoms with van der Waals surface area (Å²) >= 11 is 5.11. The third kappa shape index (κ3) is 3.28. The molecule has 1 atom stereocenters. The Morgan fingerprint density at radius 3 is 2.76 bits per heavy atom. The molecule has 0 spiro atoms. The average molecular weight is 310 g/mol. The number of nitrogens with two attached hydrogens (primary N) is 1. The predicted octanol–water partition coefficient (Wildman–Crippen LogP) is 3.41. The van der Waals surface area contributed by atoms with Gasteiger partial charge in [0.15, 0.2) is 0 Å². The minimum absolute atomic E-state index is 0.0277. The molecule has 1 aromatic carbocycles. The lowest BCUT2D eigenvalue weighted by molar-refractivity contribution is 0.811. The van der Waals surface area contributed by atoms with Crippen molar-refractivity contribution in [3.8, 4) is 0 Å². The van der Waals surface area contributed by atoms with E-state index in [2.05, 4.69) is 32.0 Å². The molecule has 0 aliphatic rings. The summed E-state index contributed by atoms with van der Waals surface area (Å²) in [7, 11) is 0. The first-order valence-corrected chi connectivity index (χ1v) is 6.76. The lowest BCUT2D eigenvalue weighted by Crippen LogP contribution is -2.05. The molecular weight excluding hydrogens is 298 g/mol. The van der Waals surface area contributed by atoms with Crippen molar-refractivity contribution in [3.05, 3.63) is 46.8 Å². The highest BCUT2D eigenvalue weighted by atomic mass is 79.9. The van der Waals surface area contributed by atoms with E-state index in [4.69, 9.17) is 5.73 Å². The molecule has 0 saturated heterocycles. The van der Waals surface area contributed by atoms with Gasteiger partial charge in [0.05, 0.1) is 6.20 Å². The number of aromatic nitrogens is 2. The molecule has 3 nitrogen and oxygen atoms in total. The van der Waals surface area contributed by atoms with E-state index >= 15 is 0 Å². The molecule has 0 unspecified atom stereocenters. The summed E-state index contributed by atoms with van der Waals surface area (Å²) in [6.45, 7) is 1.97. The molecule has 2 aromatic rings. The van der Waals surface area contributed by atoms with Gasteiger partial charge in [0, 0.05) is 27.8 Å². The topological polar surface area (TPSA) is 51.8 Å². The molecule has 0 aliphatic carbocycles. The van der Waals surface area contributed by atoms with Gasteiger partial charge in [-0.1, -0.05) is 33.8 Å². The van der Waals surface area contributed by atoms with Crippen LogP contribution in [0.4, 0.5) is 0 Å². The smallest absolute Gasteiger partial charge is 0.119 e. The van der Waals surface area contributed by atoms with Crippen molar-refractivity contribution in [2.24, 2.45) is 5.73 Å². The first-order chi connectivity index (χ1) is 8.16. The summed E-state index contributed by atoms with van der Waals surface area (Å²) < 4.78 is 1.03. The van der Waals surface area contributed by atoms with Crippen LogP contribution in [-0.2, 0) is 0 Å². The Kier molecular flexibility index (Phi) is 4.15. The largest absolute Gasteiger partial charge is 0.324 e. The summed E-state index contributed by atoms with van der Waals surface area (Å²) in [6.07, 6.45) is 5.10. The second-order valence-electron chi connectivity index (χ2n) is 3.62. The molecule has 17 heavy (non-hydrogen) atoms. The van der Waals surface area contributed by atoms with Gasteiger partial charge in [0.25, 0.3) is 0 Å². The van der Waals surface area contributed by atoms with Crippen molar-refractivity contribution in [1.29, 1.82) is 0 Å². The number of halogens is 1. The minimum atomic E-state index is 0.0277. The van der Waals surface area contributed by atoms with Crippen molar-refractivity contribution in [2.45, 2.75) is 22.9 Å². The van der Waals surface area contributed by atoms with Gasteiger partial charge in [-0.15, -0.1) is 0 Å². The SMILES string of the molecule is C[C@H](N)c1ccc(Sc2cnccn2)cc1Br. The van der Waals surface area contributed by atoms with Gasteiger partial charge < -0.3 is 5.73 Å². The van der Waals surface area contributed by atoms with E-state index in [0.29, 0.717) is 0 Å². The maximum Gasteiger partial charge on any atom is 0.119 e. The number of nitrogens with zero attached hydrogens (tertiary/aromatic N) is 2. The highest BCUT2D eigenvalue weighted by Crippen LogP contribution is 2.31. The van der Waals surface area contributed by atoms with E-state index in [0.717, 1.165) is 20.0 Å². The van der Waals surface area contributed by atoms with Crippen LogP contribution in [0.5, 0.6) is 0 Å². The van der Waals surface area contributed by atoms with E-state index in [1.807, 2.05) is 19.1 Å². The van der Waals surface area contributed by atoms with Crippen molar-refractivity contribution >= 4 is 27.7 Å². The fourth-order valence-electron chi connectivity index (χ4n) is 1.40. The zero-order valence-corrected chi connectivity index (χ0v) is 11.7. The van der Waals surface area contributed by atoms with Crippen LogP contribution in [0.2, 0.25) is 0 Å². The van der Waals surface area contributed by atoms with E-state index < -0.39 is 0 Å². The monoisotopic (exact) mass is 309 g/mol. The maximum atomic E-state index is 5.86. The molecule has 0 saturated carbocycles. The summed E-state index contributed by atoms with van der Waals surface area (Å²) in [4.78, 5) is 9.37. The second kappa shape index (κ2) is 5.62. The molecule has 0 bridgehead atoms. The van der Waals surface area contributed by atoms with Crippen molar-refractivity contribution < 1.29 is 0 Å². The molecule has 0 aliphatic heterocycles. The van der Waals surface area contributed by atoms with Crippen LogP contribution in [0.1, 0.15) is 18.5 Å². The Bertz CT molecular complexity index is 502. The first kappa shape index (κ1) is 12.5. The van der Waals surface area contributed by atoms with Crippen LogP contribution in [0.3, 0.4) is 0 Å². The number of hydrogen-bond acceptors (Lipinski definition) is 4. The quantitative estimate of drug-likeness (QED) is 0.944. The van der Waals surface area contributed by atoms with Gasteiger partial charge in [0.1, 0.15) is 5.03 Å². The van der Waals surface area contributed by atoms with Gasteiger partial charge in [-0.3, -0.25) is 4.98 Å². The standard InChI is InChI=1S/C12H12BrN3S/c1-8(14)10-3-2-9(6-11(10)13)17-12-7-15-4-5-16-12/h2-8H,14H2,1H3/t8-/m0/s1. The average Bonchev–Trinajstić information content (AvgIpc) is 2.30. The molecule has 2 N–H and O–H groups in total. The highest BCUT2D eigenvalue weighted by Gasteiger charge is 2.06. The number of hydrogen-bond donors (Lipinski definition) is 1. The van der Waals surface area contributed by atoms with Crippen LogP contribution in [0.25, 0.3) is 0 Å². The summed E-state index contributed by atoms with van der Waals surface area (Å²) in [6, 6.07) is 6.16. The molecular formula is C12H12BrN3S. The molecule has 2 rings (SSSR count). The fraction of sp³-hybridized carbons (Fsp3) is 0.167. The fourth-order valence-corrected chi connectivity index (χ4v) is 3.07. The molecule has 0 radical (unpaired) electrons. The normalized spacial score (nSPS) is 12.4. The highest BCUT2D eigenvalue weighted by molar-refractivity contribution is 9.10. The van der Waals surface area contributed by atoms with Gasteiger partial charge in [0.2, 0.25) is 0 Å². The van der Waals surface area contributed by atoms with Gasteiger partial charge in [-0.05, 0) is 24.6 Å². The molecule has 1 heterocycles. The Hall–Kier alpha value is -0.910. The molecule has 0 fully saturated rings. The summed E-state index contributed by atoms with van der Waals surface area (Å²) in [5.41, 5.74) is 6.96. The predicted molar refractivity (Wildman–Crippen MR) is 72.9 cm³/mol. The van der Waals surface area contributed by atoms with Crippen LogP contribution in [-0.4, -0.2) is 9.97 Å². The second-order valence-corrected chi connectivity index (χ2v) is 5.57. The summed E-state index contributed by atoms with van der Waals surface area (Å²) in [5, 5.41) is 0.882. The number of rotatable bonds is 3. The van der Waals surface area contributed by atoms with E-state index in [-0.39, 0.29) is 6.04 Å². The maximum absolute atomic E-state index is 5.86. The van der Waals surface area contributed by atoms with Crippen LogP contribution in [0, 0.1) is 0 Å². The molecule has 5 heteroatoms. The van der Waals surface area contributed by atoms with Crippen molar-refractivity contribution in [3.63, 3.8) is 0 Å². The lowest BCUT2D eigenvalue weighted by atomic mass is 10.1. The molecule has 1 aromatic heterocycles. The molecule has 0 amide bonds. The Balaban J connectivity index is 2.21. The first-order valence-electron chi connectivity index (χ1n) is 5.15. The van der Waals surface area contributed by atoms with Crippen LogP contribution >= 0.6 is 27.7 Å². The zero-order valence-electron chi connectivity index (χ0n) is 9.30. The Morgan fingerprint density at radius 1 is 1.35 bits per heavy atom. The van der Waals surface area contributed by atoms with E-state index in [9.17, 15) is 0 Å². The Labute approximate surface area is 113 Å². The minimum Gasteiger partial charge on any atom is -0.324 e. The third-order valence-corrected chi connectivity index (χ3v) is 3.82. The van der Waals surface area contributed by atoms with E-state index in [1.54, 1.807) is 30.4 Å². The number of benzene rings is 1.